The third-order valence-electron chi connectivity index (χ3n) is 3.31. The largest absolute Gasteiger partial charge is 0.508 e. The monoisotopic (exact) mass is 305 g/mol. The van der Waals surface area contributed by atoms with Crippen LogP contribution < -0.4 is 5.43 Å². The van der Waals surface area contributed by atoms with Gasteiger partial charge in [0.2, 0.25) is 0 Å². The first-order valence-electron chi connectivity index (χ1n) is 7.09. The summed E-state index contributed by atoms with van der Waals surface area (Å²) in [7, 11) is 0. The van der Waals surface area contributed by atoms with Gasteiger partial charge in [-0.15, -0.1) is 0 Å². The first-order chi connectivity index (χ1) is 11.2. The summed E-state index contributed by atoms with van der Waals surface area (Å²) >= 11 is 0. The van der Waals surface area contributed by atoms with Gasteiger partial charge in [0.25, 0.3) is 5.91 Å². The molecule has 5 heteroatoms. The van der Waals surface area contributed by atoms with Gasteiger partial charge in [0.05, 0.1) is 11.9 Å². The maximum Gasteiger partial charge on any atom is 0.271 e. The molecule has 5 nitrogen and oxygen atoms in total. The highest BCUT2D eigenvalue weighted by atomic mass is 16.3. The Hall–Kier alpha value is -3.34. The quantitative estimate of drug-likeness (QED) is 0.575. The van der Waals surface area contributed by atoms with Crippen LogP contribution in [0.2, 0.25) is 0 Å². The van der Waals surface area contributed by atoms with Gasteiger partial charge in [-0.25, -0.2) is 5.43 Å². The number of hydrazone groups is 1. The number of benzene rings is 2. The van der Waals surface area contributed by atoms with Crippen molar-refractivity contribution in [2.45, 2.75) is 0 Å². The Balaban J connectivity index is 1.71. The summed E-state index contributed by atoms with van der Waals surface area (Å²) in [6, 6.07) is 19.7. The van der Waals surface area contributed by atoms with E-state index in [1.165, 1.54) is 24.3 Å². The molecule has 0 saturated carbocycles. The van der Waals surface area contributed by atoms with Crippen molar-refractivity contribution in [2.75, 3.05) is 0 Å². The topological polar surface area (TPSA) is 66.6 Å². The lowest BCUT2D eigenvalue weighted by atomic mass is 10.2. The first kappa shape index (κ1) is 14.6. The number of nitrogens with zero attached hydrogens (tertiary/aromatic N) is 2. The highest BCUT2D eigenvalue weighted by molar-refractivity contribution is 5.94. The van der Waals surface area contributed by atoms with E-state index in [2.05, 4.69) is 10.5 Å². The third kappa shape index (κ3) is 3.47. The average molecular weight is 305 g/mol. The van der Waals surface area contributed by atoms with Gasteiger partial charge in [0, 0.05) is 17.4 Å². The smallest absolute Gasteiger partial charge is 0.271 e. The second kappa shape index (κ2) is 6.62. The van der Waals surface area contributed by atoms with Crippen LogP contribution in [0.4, 0.5) is 0 Å². The van der Waals surface area contributed by atoms with Crippen molar-refractivity contribution in [3.63, 3.8) is 0 Å². The zero-order valence-corrected chi connectivity index (χ0v) is 12.3. The maximum atomic E-state index is 11.9. The van der Waals surface area contributed by atoms with E-state index >= 15 is 0 Å². The van der Waals surface area contributed by atoms with E-state index in [4.69, 9.17) is 0 Å². The molecule has 2 N–H and O–H groups in total. The van der Waals surface area contributed by atoms with Crippen LogP contribution in [0.25, 0.3) is 5.69 Å². The van der Waals surface area contributed by atoms with Crippen molar-refractivity contribution in [1.29, 1.82) is 0 Å². The van der Waals surface area contributed by atoms with Crippen LogP contribution in [0.1, 0.15) is 16.1 Å². The molecular weight excluding hydrogens is 290 g/mol. The highest BCUT2D eigenvalue weighted by Crippen LogP contribution is 2.11. The third-order valence-corrected chi connectivity index (χ3v) is 3.31. The fourth-order valence-electron chi connectivity index (χ4n) is 2.16. The minimum absolute atomic E-state index is 0.116. The molecular formula is C18H15N3O2. The van der Waals surface area contributed by atoms with Crippen molar-refractivity contribution >= 4 is 12.1 Å². The molecule has 0 spiro atoms. The molecule has 1 aromatic heterocycles. The Kier molecular flexibility index (Phi) is 4.20. The molecule has 0 unspecified atom stereocenters. The number of hydrogen-bond donors (Lipinski definition) is 2. The normalized spacial score (nSPS) is 10.8. The van der Waals surface area contributed by atoms with Gasteiger partial charge < -0.3 is 9.67 Å². The highest BCUT2D eigenvalue weighted by Gasteiger charge is 2.04. The molecule has 1 amide bonds. The van der Waals surface area contributed by atoms with Crippen molar-refractivity contribution in [1.82, 2.24) is 9.99 Å². The Labute approximate surface area is 133 Å². The predicted octanol–water partition coefficient (Wildman–Crippen LogP) is 2.95. The second-order valence-electron chi connectivity index (χ2n) is 4.88. The Morgan fingerprint density at radius 2 is 1.74 bits per heavy atom. The molecule has 0 atom stereocenters. The number of para-hydroxylation sites is 1. The lowest BCUT2D eigenvalue weighted by Crippen LogP contribution is -2.17. The fourth-order valence-corrected chi connectivity index (χ4v) is 2.16. The van der Waals surface area contributed by atoms with Gasteiger partial charge in [-0.1, -0.05) is 18.2 Å². The summed E-state index contributed by atoms with van der Waals surface area (Å²) in [6.45, 7) is 0. The Morgan fingerprint density at radius 3 is 2.48 bits per heavy atom. The van der Waals surface area contributed by atoms with Crippen molar-refractivity contribution in [3.8, 4) is 11.4 Å². The molecule has 3 aromatic rings. The molecule has 3 rings (SSSR count). The van der Waals surface area contributed by atoms with Gasteiger partial charge in [-0.05, 0) is 48.5 Å². The number of amides is 1. The average Bonchev–Trinajstić information content (AvgIpc) is 3.05. The number of aromatic nitrogens is 1. The number of phenolic OH excluding ortho intramolecular Hbond substituents is 1. The molecule has 0 fully saturated rings. The standard InChI is InChI=1S/C18H15N3O2/c22-17-10-8-14(9-11-17)18(23)20-19-13-16-7-4-12-21(16)15-5-2-1-3-6-15/h1-13,22H,(H,20,23)/b19-13+. The van der Waals surface area contributed by atoms with Crippen LogP contribution >= 0.6 is 0 Å². The van der Waals surface area contributed by atoms with Crippen LogP contribution in [0, 0.1) is 0 Å². The van der Waals surface area contributed by atoms with E-state index in [0.717, 1.165) is 11.4 Å². The number of nitrogens with one attached hydrogen (secondary N) is 1. The maximum absolute atomic E-state index is 11.9. The molecule has 0 radical (unpaired) electrons. The van der Waals surface area contributed by atoms with Gasteiger partial charge in [-0.3, -0.25) is 4.79 Å². The minimum atomic E-state index is -0.334. The van der Waals surface area contributed by atoms with E-state index in [1.807, 2.05) is 53.2 Å². The van der Waals surface area contributed by atoms with E-state index in [0.29, 0.717) is 5.56 Å². The molecule has 0 saturated heterocycles. The van der Waals surface area contributed by atoms with Gasteiger partial charge in [0.1, 0.15) is 5.75 Å². The molecule has 0 aliphatic carbocycles. The lowest BCUT2D eigenvalue weighted by molar-refractivity contribution is 0.0955. The van der Waals surface area contributed by atoms with E-state index in [1.54, 1.807) is 6.21 Å². The van der Waals surface area contributed by atoms with Crippen LogP contribution in [-0.4, -0.2) is 21.8 Å². The molecule has 1 heterocycles. The van der Waals surface area contributed by atoms with Gasteiger partial charge >= 0.3 is 0 Å². The molecule has 23 heavy (non-hydrogen) atoms. The summed E-state index contributed by atoms with van der Waals surface area (Å²) in [5.74, 6) is -0.218. The molecule has 0 aliphatic heterocycles. The lowest BCUT2D eigenvalue weighted by Gasteiger charge is -2.05. The van der Waals surface area contributed by atoms with E-state index in [9.17, 15) is 9.90 Å². The number of hydrogen-bond acceptors (Lipinski definition) is 3. The van der Waals surface area contributed by atoms with Crippen LogP contribution in [0.15, 0.2) is 78.0 Å². The van der Waals surface area contributed by atoms with Gasteiger partial charge in [0.15, 0.2) is 0 Å². The van der Waals surface area contributed by atoms with Crippen molar-refractivity contribution < 1.29 is 9.90 Å². The first-order valence-corrected chi connectivity index (χ1v) is 7.09. The number of phenols is 1. The van der Waals surface area contributed by atoms with Crippen molar-refractivity contribution in [3.05, 3.63) is 84.2 Å². The molecule has 114 valence electrons. The number of rotatable bonds is 4. The summed E-state index contributed by atoms with van der Waals surface area (Å²) in [5.41, 5.74) is 4.77. The predicted molar refractivity (Wildman–Crippen MR) is 88.9 cm³/mol. The van der Waals surface area contributed by atoms with E-state index in [-0.39, 0.29) is 11.7 Å². The fraction of sp³-hybridized carbons (Fsp3) is 0. The molecule has 0 aliphatic rings. The van der Waals surface area contributed by atoms with Crippen LogP contribution in [-0.2, 0) is 0 Å². The van der Waals surface area contributed by atoms with E-state index < -0.39 is 0 Å². The number of aromatic hydroxyl groups is 1. The number of carbonyl (C=O) groups is 1. The molecule has 0 bridgehead atoms. The zero-order valence-electron chi connectivity index (χ0n) is 12.3. The van der Waals surface area contributed by atoms with Crippen LogP contribution in [0.3, 0.4) is 0 Å². The second-order valence-corrected chi connectivity index (χ2v) is 4.88. The summed E-state index contributed by atoms with van der Waals surface area (Å²) in [5, 5.41) is 13.2. The summed E-state index contributed by atoms with van der Waals surface area (Å²) < 4.78 is 1.97. The zero-order chi connectivity index (χ0) is 16.1. The Morgan fingerprint density at radius 1 is 1.00 bits per heavy atom. The summed E-state index contributed by atoms with van der Waals surface area (Å²) in [6.07, 6.45) is 3.52. The number of carbonyl (C=O) groups excluding carboxylic acids is 1. The summed E-state index contributed by atoms with van der Waals surface area (Å²) in [4.78, 5) is 11.9. The SMILES string of the molecule is O=C(N/N=C/c1cccn1-c1ccccc1)c1ccc(O)cc1. The van der Waals surface area contributed by atoms with Crippen LogP contribution in [0.5, 0.6) is 5.75 Å². The minimum Gasteiger partial charge on any atom is -0.508 e. The Bertz CT molecular complexity index is 821. The molecule has 2 aromatic carbocycles. The van der Waals surface area contributed by atoms with Crippen molar-refractivity contribution in [2.24, 2.45) is 5.10 Å². The van der Waals surface area contributed by atoms with Gasteiger partial charge in [-0.2, -0.15) is 5.10 Å².